The van der Waals surface area contributed by atoms with Crippen LogP contribution in [0.1, 0.15) is 48.8 Å². The van der Waals surface area contributed by atoms with Crippen LogP contribution in [-0.2, 0) is 0 Å². The minimum Gasteiger partial charge on any atom is -0.388 e. The van der Waals surface area contributed by atoms with Gasteiger partial charge in [-0.15, -0.1) is 10.2 Å². The Bertz CT molecular complexity index is 444. The highest BCUT2D eigenvalue weighted by molar-refractivity contribution is 7.17. The van der Waals surface area contributed by atoms with Gasteiger partial charge in [0.1, 0.15) is 0 Å². The number of nitrogens with one attached hydrogen (secondary N) is 1. The van der Waals surface area contributed by atoms with Crippen molar-refractivity contribution in [1.82, 2.24) is 15.5 Å². The first-order valence-electron chi connectivity index (χ1n) is 6.52. The maximum atomic E-state index is 11.8. The Morgan fingerprint density at radius 2 is 2.21 bits per heavy atom. The average molecular weight is 304 g/mol. The first-order chi connectivity index (χ1) is 9.02. The number of aliphatic hydroxyl groups is 1. The summed E-state index contributed by atoms with van der Waals surface area (Å²) in [6.45, 7) is 2.44. The molecule has 0 atom stereocenters. The molecule has 1 aliphatic carbocycles. The van der Waals surface area contributed by atoms with E-state index in [-0.39, 0.29) is 21.9 Å². The number of hydrogen-bond acceptors (Lipinski definition) is 5. The van der Waals surface area contributed by atoms with Gasteiger partial charge in [-0.2, -0.15) is 0 Å². The minimum atomic E-state index is -0.782. The molecule has 0 aromatic carbocycles. The van der Waals surface area contributed by atoms with Crippen molar-refractivity contribution in [3.63, 3.8) is 0 Å². The quantitative estimate of drug-likeness (QED) is 0.894. The van der Waals surface area contributed by atoms with Gasteiger partial charge < -0.3 is 10.4 Å². The molecule has 0 radical (unpaired) electrons. The van der Waals surface area contributed by atoms with E-state index >= 15 is 0 Å². The summed E-state index contributed by atoms with van der Waals surface area (Å²) in [5.74, 6) is 0.383. The number of amides is 1. The fourth-order valence-corrected chi connectivity index (χ4v) is 3.16. The first-order valence-corrected chi connectivity index (χ1v) is 7.71. The van der Waals surface area contributed by atoms with E-state index in [4.69, 9.17) is 11.6 Å². The average Bonchev–Trinajstić information content (AvgIpc) is 2.84. The number of carbonyl (C=O) groups is 1. The summed E-state index contributed by atoms with van der Waals surface area (Å²) in [5.41, 5.74) is -0.782. The molecule has 0 bridgehead atoms. The van der Waals surface area contributed by atoms with Gasteiger partial charge in [-0.05, 0) is 43.2 Å². The molecule has 1 heterocycles. The summed E-state index contributed by atoms with van der Waals surface area (Å²) in [6, 6.07) is 0. The van der Waals surface area contributed by atoms with E-state index in [0.717, 1.165) is 43.4 Å². The molecule has 0 unspecified atom stereocenters. The number of aromatic nitrogens is 2. The highest BCUT2D eigenvalue weighted by Gasteiger charge is 2.33. The Morgan fingerprint density at radius 1 is 1.53 bits per heavy atom. The van der Waals surface area contributed by atoms with Crippen LogP contribution < -0.4 is 5.32 Å². The lowest BCUT2D eigenvalue weighted by Gasteiger charge is -2.35. The lowest BCUT2D eigenvalue weighted by Crippen LogP contribution is -2.45. The molecular formula is C12H18ClN3O2S. The third kappa shape index (κ3) is 3.87. The largest absolute Gasteiger partial charge is 0.388 e. The van der Waals surface area contributed by atoms with E-state index in [1.807, 2.05) is 0 Å². The molecule has 1 aliphatic rings. The summed E-state index contributed by atoms with van der Waals surface area (Å²) >= 11 is 6.66. The van der Waals surface area contributed by atoms with E-state index in [2.05, 4.69) is 22.4 Å². The van der Waals surface area contributed by atoms with Gasteiger partial charge in [0.05, 0.1) is 5.60 Å². The Labute approximate surface area is 121 Å². The molecule has 106 valence electrons. The van der Waals surface area contributed by atoms with Crippen LogP contribution in [-0.4, -0.2) is 33.4 Å². The highest BCUT2D eigenvalue weighted by Crippen LogP contribution is 2.33. The van der Waals surface area contributed by atoms with Gasteiger partial charge in [-0.1, -0.05) is 24.7 Å². The van der Waals surface area contributed by atoms with Gasteiger partial charge >= 0.3 is 0 Å². The zero-order valence-corrected chi connectivity index (χ0v) is 12.4. The Balaban J connectivity index is 1.83. The van der Waals surface area contributed by atoms with Crippen molar-refractivity contribution in [2.75, 3.05) is 6.54 Å². The normalized spacial score (nSPS) is 27.2. The zero-order chi connectivity index (χ0) is 13.9. The van der Waals surface area contributed by atoms with Crippen LogP contribution in [0.3, 0.4) is 0 Å². The topological polar surface area (TPSA) is 75.1 Å². The molecule has 7 heteroatoms. The smallest absolute Gasteiger partial charge is 0.282 e. The molecule has 0 spiro atoms. The second-order valence-electron chi connectivity index (χ2n) is 5.12. The van der Waals surface area contributed by atoms with Crippen LogP contribution >= 0.6 is 22.9 Å². The van der Waals surface area contributed by atoms with Gasteiger partial charge in [0.25, 0.3) is 5.91 Å². The van der Waals surface area contributed by atoms with Gasteiger partial charge in [0.15, 0.2) is 0 Å². The predicted molar refractivity (Wildman–Crippen MR) is 74.5 cm³/mol. The van der Waals surface area contributed by atoms with Crippen LogP contribution in [0.15, 0.2) is 0 Å². The number of nitrogens with zero attached hydrogens (tertiary/aromatic N) is 2. The lowest BCUT2D eigenvalue weighted by atomic mass is 9.78. The molecule has 1 amide bonds. The Kier molecular flexibility index (Phi) is 4.76. The summed E-state index contributed by atoms with van der Waals surface area (Å²) in [6.07, 6.45) is 4.68. The molecule has 19 heavy (non-hydrogen) atoms. The summed E-state index contributed by atoms with van der Waals surface area (Å²) in [5, 5.41) is 20.6. The minimum absolute atomic E-state index is 0.232. The van der Waals surface area contributed by atoms with Crippen LogP contribution in [0, 0.1) is 5.92 Å². The van der Waals surface area contributed by atoms with Crippen LogP contribution in [0.25, 0.3) is 0 Å². The van der Waals surface area contributed by atoms with E-state index in [0.29, 0.717) is 5.92 Å². The van der Waals surface area contributed by atoms with Crippen LogP contribution in [0.5, 0.6) is 0 Å². The van der Waals surface area contributed by atoms with E-state index < -0.39 is 5.60 Å². The number of carbonyl (C=O) groups excluding carboxylic acids is 1. The molecule has 1 saturated carbocycles. The second-order valence-corrected chi connectivity index (χ2v) is 6.68. The first kappa shape index (κ1) is 14.7. The Hall–Kier alpha value is -0.720. The highest BCUT2D eigenvalue weighted by atomic mass is 35.5. The molecule has 2 N–H and O–H groups in total. The van der Waals surface area contributed by atoms with Crippen molar-refractivity contribution >= 4 is 28.8 Å². The maximum Gasteiger partial charge on any atom is 0.282 e. The van der Waals surface area contributed by atoms with Crippen molar-refractivity contribution < 1.29 is 9.90 Å². The zero-order valence-electron chi connectivity index (χ0n) is 10.9. The van der Waals surface area contributed by atoms with Gasteiger partial charge in [0, 0.05) is 6.54 Å². The molecule has 0 saturated heterocycles. The number of halogens is 1. The standard InChI is InChI=1S/C12H18ClN3O2S/c1-2-8-3-5-12(18,6-4-8)7-14-9(17)10-15-16-11(13)19-10/h8,18H,2-7H2,1H3,(H,14,17). The molecule has 2 rings (SSSR count). The second kappa shape index (κ2) is 6.15. The number of hydrogen-bond donors (Lipinski definition) is 2. The number of rotatable bonds is 4. The van der Waals surface area contributed by atoms with E-state index in [1.54, 1.807) is 0 Å². The van der Waals surface area contributed by atoms with Crippen molar-refractivity contribution in [2.45, 2.75) is 44.6 Å². The predicted octanol–water partition coefficient (Wildman–Crippen LogP) is 2.25. The van der Waals surface area contributed by atoms with Crippen molar-refractivity contribution in [1.29, 1.82) is 0 Å². The third-order valence-electron chi connectivity index (χ3n) is 3.79. The van der Waals surface area contributed by atoms with Gasteiger partial charge in [-0.25, -0.2) is 0 Å². The third-order valence-corrected chi connectivity index (χ3v) is 4.80. The summed E-state index contributed by atoms with van der Waals surface area (Å²) in [4.78, 5) is 11.8. The van der Waals surface area contributed by atoms with Gasteiger partial charge in [0.2, 0.25) is 9.47 Å². The SMILES string of the molecule is CCC1CCC(O)(CNC(=O)c2nnc(Cl)s2)CC1. The molecule has 0 aliphatic heterocycles. The molecule has 1 fully saturated rings. The van der Waals surface area contributed by atoms with Crippen molar-refractivity contribution in [2.24, 2.45) is 5.92 Å². The molecule has 1 aromatic rings. The van der Waals surface area contributed by atoms with E-state index in [1.165, 1.54) is 0 Å². The van der Waals surface area contributed by atoms with Crippen LogP contribution in [0.4, 0.5) is 0 Å². The summed E-state index contributed by atoms with van der Waals surface area (Å²) in [7, 11) is 0. The van der Waals surface area contributed by atoms with Crippen molar-refractivity contribution in [3.05, 3.63) is 9.47 Å². The van der Waals surface area contributed by atoms with Gasteiger partial charge in [-0.3, -0.25) is 4.79 Å². The Morgan fingerprint density at radius 3 is 2.74 bits per heavy atom. The molecule has 5 nitrogen and oxygen atoms in total. The molecular weight excluding hydrogens is 286 g/mol. The maximum absolute atomic E-state index is 11.8. The van der Waals surface area contributed by atoms with Crippen molar-refractivity contribution in [3.8, 4) is 0 Å². The summed E-state index contributed by atoms with van der Waals surface area (Å²) < 4.78 is 0.243. The fourth-order valence-electron chi connectivity index (χ4n) is 2.42. The monoisotopic (exact) mass is 303 g/mol. The lowest BCUT2D eigenvalue weighted by molar-refractivity contribution is -0.00787. The molecule has 1 aromatic heterocycles. The van der Waals surface area contributed by atoms with Crippen LogP contribution in [0.2, 0.25) is 4.47 Å². The van der Waals surface area contributed by atoms with E-state index in [9.17, 15) is 9.90 Å². The fraction of sp³-hybridized carbons (Fsp3) is 0.750.